The maximum Gasteiger partial charge on any atom is 0.410 e. The maximum atomic E-state index is 14.9. The smallest absolute Gasteiger partial charge is 0.410 e. The largest absolute Gasteiger partial charge is 0.478 e. The molecule has 0 aliphatic carbocycles. The van der Waals surface area contributed by atoms with Crippen LogP contribution in [0.1, 0.15) is 178 Å². The van der Waals surface area contributed by atoms with Crippen molar-refractivity contribution in [1.29, 1.82) is 0 Å². The average Bonchev–Trinajstić information content (AvgIpc) is 1.79. The van der Waals surface area contributed by atoms with Crippen LogP contribution in [0.5, 0.6) is 0 Å². The molecule has 0 radical (unpaired) electrons. The second-order valence-electron chi connectivity index (χ2n) is 33.1. The zero-order chi connectivity index (χ0) is 95.2. The molecule has 38 nitrogen and oxygen atoms in total. The topological polar surface area (TPSA) is 498 Å². The van der Waals surface area contributed by atoms with Gasteiger partial charge in [-0.25, -0.2) is 14.4 Å². The van der Waals surface area contributed by atoms with Crippen LogP contribution in [0.15, 0.2) is 84.9 Å². The highest BCUT2D eigenvalue weighted by Crippen LogP contribution is 2.31. The highest BCUT2D eigenvalue weighted by molar-refractivity contribution is 6.13. The standard InChI is InChI=1S/C91H139N13O25/c1-15-60(8)80(71(121-13)55-76(109)103-39-23-27-70(103)82(122-14)61(9)83(111)95-62(10)81(110)64-24-18-16-19-25-64)101(11)88(116)78(58(4)5)100-87(115)79(59(6)7)102(12)91(120)129-56-63-29-31-67(32-30-63)97-85(113)69(26-22-36-94-90(92)119)98-86(114)77(57(2)3)99-73(106)35-40-123-42-44-125-46-48-127-50-51-128-49-47-126-45-43-124-41-37-93-84(112)65-52-66(89(117)118)54-68(53-65)96-72(105)28-20-17-21-38-104-74(107)33-34-75(104)108/h16,18-19,24-25,29-34,52-54,57-62,69-71,77-82,110H,15,17,20-23,26-28,35-51,55-56H2,1-14H3,(H,93,112)(H,95,111)(H,96,105)(H,97,113)(H,98,114)(H,99,106)(H,100,115)(H,117,118)(H3,92,94,119)/t60-,61+,62+,69-,70-,71+,77-,78-,79-,80-,81+,82+/m0/s1. The number of likely N-dealkylation sites (tertiary alicyclic amines) is 1. The number of aliphatic hydroxyl groups is 1. The van der Waals surface area contributed by atoms with E-state index in [2.05, 4.69) is 42.5 Å². The molecule has 129 heavy (non-hydrogen) atoms. The van der Waals surface area contributed by atoms with E-state index in [0.29, 0.717) is 88.3 Å². The van der Waals surface area contributed by atoms with Crippen molar-refractivity contribution < 1.29 is 120 Å². The van der Waals surface area contributed by atoms with E-state index in [4.69, 9.17) is 48.4 Å². The van der Waals surface area contributed by atoms with Gasteiger partial charge >= 0.3 is 18.1 Å². The SMILES string of the molecule is CC[C@H](C)[C@@H]([C@@H](CC(=O)N1CCC[C@H]1[C@H](OC)[C@@H](C)C(=O)N[C@H](C)[C@@H](O)c1ccccc1)OC)N(C)C(=O)[C@@H](NC(=O)[C@H](C(C)C)N(C)C(=O)OCc1ccc(NC(=O)[C@H](CCCNC(N)=O)NC(=O)[C@@H](NC(=O)CCOCCOCCOCCOCCOCCOCCNC(=O)c2cc(NC(=O)CCCCCN3C(=O)C=CC3=O)cc(C(=O)O)c2)C(C)C)cc1)C(C)C. The van der Waals surface area contributed by atoms with E-state index in [9.17, 15) is 77.3 Å². The van der Waals surface area contributed by atoms with Gasteiger partial charge in [0, 0.05) is 96.4 Å². The third kappa shape index (κ3) is 37.4. The Balaban J connectivity index is 0.978. The number of urea groups is 1. The van der Waals surface area contributed by atoms with Crippen LogP contribution >= 0.6 is 0 Å². The number of imide groups is 1. The van der Waals surface area contributed by atoms with Gasteiger partial charge in [0.1, 0.15) is 30.8 Å². The van der Waals surface area contributed by atoms with Crippen molar-refractivity contribution in [3.8, 4) is 0 Å². The van der Waals surface area contributed by atoms with Crippen molar-refractivity contribution >= 4 is 94.4 Å². The number of hydrogen-bond donors (Lipinski definition) is 11. The summed E-state index contributed by atoms with van der Waals surface area (Å²) in [7, 11) is 6.06. The Kier molecular flexibility index (Phi) is 49.1. The van der Waals surface area contributed by atoms with E-state index in [1.54, 1.807) is 109 Å². The predicted octanol–water partition coefficient (Wildman–Crippen LogP) is 5.63. The average molecular weight is 1820 g/mol. The molecule has 12 atom stereocenters. The summed E-state index contributed by atoms with van der Waals surface area (Å²) < 4.78 is 51.1. The number of ether oxygens (including phenoxy) is 9. The molecular formula is C91H139N13O25. The molecule has 718 valence electrons. The molecule has 2 aliphatic heterocycles. The molecule has 5 rings (SSSR count). The number of hydrogen-bond acceptors (Lipinski definition) is 24. The van der Waals surface area contributed by atoms with Gasteiger partial charge in [-0.1, -0.05) is 118 Å². The molecule has 12 N–H and O–H groups in total. The summed E-state index contributed by atoms with van der Waals surface area (Å²) in [6.45, 7) is 21.4. The number of aliphatic hydroxyl groups excluding tert-OH is 1. The Morgan fingerprint density at radius 1 is 0.574 bits per heavy atom. The van der Waals surface area contributed by atoms with Gasteiger partial charge in [-0.15, -0.1) is 0 Å². The highest BCUT2D eigenvalue weighted by Gasteiger charge is 2.45. The molecule has 0 saturated carbocycles. The molecule has 0 unspecified atom stereocenters. The number of aromatic carboxylic acids is 1. The van der Waals surface area contributed by atoms with Crippen LogP contribution in [0.2, 0.25) is 0 Å². The molecule has 1 fully saturated rings. The van der Waals surface area contributed by atoms with Gasteiger partial charge in [-0.05, 0) is 111 Å². The number of anilines is 2. The molecule has 1 saturated heterocycles. The van der Waals surface area contributed by atoms with Gasteiger partial charge in [0.15, 0.2) is 0 Å². The second-order valence-corrected chi connectivity index (χ2v) is 33.1. The van der Waals surface area contributed by atoms with Crippen molar-refractivity contribution in [1.82, 2.24) is 51.5 Å². The van der Waals surface area contributed by atoms with Crippen LogP contribution < -0.4 is 48.3 Å². The molecule has 0 bridgehead atoms. The Bertz CT molecular complexity index is 4080. The second kappa shape index (κ2) is 58.2. The number of carboxylic acid groups (broad SMARTS) is 1. The number of unbranched alkanes of at least 4 members (excludes halogenated alkanes) is 2. The zero-order valence-corrected chi connectivity index (χ0v) is 77.2. The lowest BCUT2D eigenvalue weighted by atomic mass is 9.89. The van der Waals surface area contributed by atoms with Crippen molar-refractivity contribution in [3.63, 3.8) is 0 Å². The van der Waals surface area contributed by atoms with E-state index in [-0.39, 0.29) is 158 Å². The normalized spacial score (nSPS) is 15.8. The number of rotatable bonds is 62. The van der Waals surface area contributed by atoms with Crippen molar-refractivity contribution in [2.24, 2.45) is 35.3 Å². The first-order chi connectivity index (χ1) is 61.5. The van der Waals surface area contributed by atoms with E-state index < -0.39 is 144 Å². The number of carboxylic acids is 1. The summed E-state index contributed by atoms with van der Waals surface area (Å²) in [5, 5.41) is 42.6. The Hall–Kier alpha value is -10.6. The van der Waals surface area contributed by atoms with Crippen LogP contribution in [0.3, 0.4) is 0 Å². The quantitative estimate of drug-likeness (QED) is 0.0241. The number of nitrogens with one attached hydrogen (secondary N) is 8. The fraction of sp³-hybridized carbons (Fsp3) is 0.626. The molecule has 3 aromatic rings. The fourth-order valence-electron chi connectivity index (χ4n) is 14.9. The highest BCUT2D eigenvalue weighted by atomic mass is 16.6. The number of methoxy groups -OCH3 is 2. The summed E-state index contributed by atoms with van der Waals surface area (Å²) in [5.74, 6) is -8.53. The number of carbonyl (C=O) groups is 14. The molecule has 14 amide bonds. The number of primary amides is 1. The van der Waals surface area contributed by atoms with Crippen molar-refractivity contribution in [2.75, 3.05) is 144 Å². The monoisotopic (exact) mass is 1810 g/mol. The minimum atomic E-state index is -1.28. The third-order valence-electron chi connectivity index (χ3n) is 22.3. The predicted molar refractivity (Wildman–Crippen MR) is 477 cm³/mol. The first-order valence-electron chi connectivity index (χ1n) is 44.4. The lowest BCUT2D eigenvalue weighted by molar-refractivity contribution is -0.148. The van der Waals surface area contributed by atoms with Gasteiger partial charge in [0.25, 0.3) is 17.7 Å². The Morgan fingerprint density at radius 3 is 1.72 bits per heavy atom. The van der Waals surface area contributed by atoms with Gasteiger partial charge in [0.2, 0.25) is 47.3 Å². The van der Waals surface area contributed by atoms with Gasteiger partial charge < -0.3 is 111 Å². The zero-order valence-electron chi connectivity index (χ0n) is 77.2. The number of amides is 14. The van der Waals surface area contributed by atoms with Crippen LogP contribution in [0.4, 0.5) is 21.0 Å². The van der Waals surface area contributed by atoms with Crippen LogP contribution in [-0.2, 0) is 97.2 Å². The lowest BCUT2D eigenvalue weighted by Crippen LogP contribution is -2.60. The molecular weight excluding hydrogens is 1680 g/mol. The van der Waals surface area contributed by atoms with Gasteiger partial charge in [0.05, 0.1) is 134 Å². The van der Waals surface area contributed by atoms with Crippen LogP contribution in [0, 0.1) is 29.6 Å². The van der Waals surface area contributed by atoms with E-state index in [1.807, 2.05) is 32.0 Å². The number of carbonyl (C=O) groups excluding carboxylic acids is 13. The maximum absolute atomic E-state index is 14.9. The molecule has 38 heteroatoms. The van der Waals surface area contributed by atoms with Crippen molar-refractivity contribution in [2.45, 2.75) is 207 Å². The number of benzene rings is 3. The minimum absolute atomic E-state index is 0.0201. The van der Waals surface area contributed by atoms with Crippen molar-refractivity contribution in [3.05, 3.63) is 107 Å². The first-order valence-corrected chi connectivity index (χ1v) is 44.4. The first kappa shape index (κ1) is 109. The molecule has 0 aromatic heterocycles. The number of nitrogens with two attached hydrogens (primary N) is 1. The number of likely N-dealkylation sites (N-methyl/N-ethyl adjacent to an activating group) is 2. The van der Waals surface area contributed by atoms with Crippen LogP contribution in [-0.4, -0.2) is 301 Å². The van der Waals surface area contributed by atoms with E-state index in [0.717, 1.165) is 4.90 Å². The third-order valence-corrected chi connectivity index (χ3v) is 22.3. The van der Waals surface area contributed by atoms with E-state index in [1.165, 1.54) is 56.5 Å². The van der Waals surface area contributed by atoms with Crippen LogP contribution in [0.25, 0.3) is 0 Å². The summed E-state index contributed by atoms with van der Waals surface area (Å²) in [5.41, 5.74) is 6.75. The lowest BCUT2D eigenvalue weighted by Gasteiger charge is -2.41. The molecule has 2 heterocycles. The molecule has 0 spiro atoms. The fourth-order valence-corrected chi connectivity index (χ4v) is 14.9. The minimum Gasteiger partial charge on any atom is -0.478 e. The van der Waals surface area contributed by atoms with Gasteiger partial charge in [-0.2, -0.15) is 0 Å². The van der Waals surface area contributed by atoms with E-state index >= 15 is 0 Å². The number of nitrogens with zero attached hydrogens (tertiary/aromatic N) is 4. The Labute approximate surface area is 756 Å². The summed E-state index contributed by atoms with van der Waals surface area (Å²) in [4.78, 5) is 190. The molecule has 2 aliphatic rings. The summed E-state index contributed by atoms with van der Waals surface area (Å²) >= 11 is 0. The van der Waals surface area contributed by atoms with Gasteiger partial charge in [-0.3, -0.25) is 62.5 Å². The summed E-state index contributed by atoms with van der Waals surface area (Å²) in [6.07, 6.45) is 2.76. The molecule has 3 aromatic carbocycles. The summed E-state index contributed by atoms with van der Waals surface area (Å²) in [6, 6.07) is 12.3. The Morgan fingerprint density at radius 2 is 1.16 bits per heavy atom.